The lowest BCUT2D eigenvalue weighted by atomic mass is 10.1. The highest BCUT2D eigenvalue weighted by molar-refractivity contribution is 5.95. The summed E-state index contributed by atoms with van der Waals surface area (Å²) < 4.78 is 0. The van der Waals surface area contributed by atoms with Crippen LogP contribution < -0.4 is 11.3 Å². The fourth-order valence-corrected chi connectivity index (χ4v) is 1.95. The molecule has 0 aliphatic rings. The van der Waals surface area contributed by atoms with Crippen molar-refractivity contribution >= 4 is 17.3 Å². The standard InChI is InChI=1S/C13H20N4O3/c1-4-5-9(2)16(3)13(18)10-6-7-11(15-14)12(8-10)17(19)20/h6-9,15H,4-5,14H2,1-3H3. The number of nitro benzene ring substituents is 1. The van der Waals surface area contributed by atoms with Gasteiger partial charge in [-0.1, -0.05) is 13.3 Å². The number of carbonyl (C=O) groups is 1. The number of hydrazine groups is 1. The number of amides is 1. The van der Waals surface area contributed by atoms with Crippen molar-refractivity contribution in [2.75, 3.05) is 12.5 Å². The smallest absolute Gasteiger partial charge is 0.294 e. The molecular formula is C13H20N4O3. The van der Waals surface area contributed by atoms with Crippen LogP contribution in [0.4, 0.5) is 11.4 Å². The van der Waals surface area contributed by atoms with Crippen LogP contribution in [0.25, 0.3) is 0 Å². The maximum atomic E-state index is 12.3. The molecular weight excluding hydrogens is 260 g/mol. The van der Waals surface area contributed by atoms with E-state index in [4.69, 9.17) is 5.84 Å². The minimum absolute atomic E-state index is 0.0823. The lowest BCUT2D eigenvalue weighted by Crippen LogP contribution is -2.35. The Morgan fingerprint density at radius 3 is 2.70 bits per heavy atom. The van der Waals surface area contributed by atoms with Gasteiger partial charge in [0, 0.05) is 24.7 Å². The number of hydrogen-bond donors (Lipinski definition) is 2. The number of nitrogen functional groups attached to an aromatic ring is 1. The first-order valence-corrected chi connectivity index (χ1v) is 6.44. The summed E-state index contributed by atoms with van der Waals surface area (Å²) in [5.74, 6) is 4.97. The highest BCUT2D eigenvalue weighted by Crippen LogP contribution is 2.25. The molecule has 1 rings (SSSR count). The molecule has 1 amide bonds. The quantitative estimate of drug-likeness (QED) is 0.472. The van der Waals surface area contributed by atoms with Crippen LogP contribution in [0.2, 0.25) is 0 Å². The van der Waals surface area contributed by atoms with Crippen LogP contribution in [0.1, 0.15) is 37.0 Å². The Morgan fingerprint density at radius 2 is 2.20 bits per heavy atom. The molecule has 0 spiro atoms. The molecule has 0 saturated heterocycles. The summed E-state index contributed by atoms with van der Waals surface area (Å²) in [5, 5.41) is 10.9. The Kier molecular flexibility index (Phi) is 5.45. The summed E-state index contributed by atoms with van der Waals surface area (Å²) in [6, 6.07) is 4.29. The topological polar surface area (TPSA) is 102 Å². The number of carbonyl (C=O) groups excluding carboxylic acids is 1. The van der Waals surface area contributed by atoms with E-state index in [2.05, 4.69) is 5.43 Å². The third-order valence-corrected chi connectivity index (χ3v) is 3.28. The van der Waals surface area contributed by atoms with Gasteiger partial charge in [-0.25, -0.2) is 0 Å². The summed E-state index contributed by atoms with van der Waals surface area (Å²) in [4.78, 5) is 24.3. The molecule has 110 valence electrons. The van der Waals surface area contributed by atoms with E-state index in [0.29, 0.717) is 0 Å². The third-order valence-electron chi connectivity index (χ3n) is 3.28. The normalized spacial score (nSPS) is 11.8. The van der Waals surface area contributed by atoms with Gasteiger partial charge in [-0.15, -0.1) is 0 Å². The zero-order valence-corrected chi connectivity index (χ0v) is 11.9. The Morgan fingerprint density at radius 1 is 1.55 bits per heavy atom. The van der Waals surface area contributed by atoms with Crippen LogP contribution in [-0.4, -0.2) is 28.8 Å². The largest absolute Gasteiger partial charge is 0.339 e. The molecule has 0 heterocycles. The first kappa shape index (κ1) is 15.9. The van der Waals surface area contributed by atoms with Crippen molar-refractivity contribution in [1.82, 2.24) is 4.90 Å². The van der Waals surface area contributed by atoms with Gasteiger partial charge in [-0.05, 0) is 25.5 Å². The van der Waals surface area contributed by atoms with E-state index in [1.807, 2.05) is 13.8 Å². The molecule has 0 aliphatic carbocycles. The molecule has 0 fully saturated rings. The van der Waals surface area contributed by atoms with Gasteiger partial charge in [0.15, 0.2) is 0 Å². The number of rotatable bonds is 6. The van der Waals surface area contributed by atoms with Crippen LogP contribution in [0, 0.1) is 10.1 Å². The van der Waals surface area contributed by atoms with Crippen molar-refractivity contribution in [3.8, 4) is 0 Å². The summed E-state index contributed by atoms with van der Waals surface area (Å²) in [5.41, 5.74) is 2.49. The molecule has 1 atom stereocenters. The Bertz CT molecular complexity index is 504. The second kappa shape index (κ2) is 6.85. The van der Waals surface area contributed by atoms with E-state index in [1.165, 1.54) is 18.2 Å². The van der Waals surface area contributed by atoms with Gasteiger partial charge >= 0.3 is 0 Å². The zero-order chi connectivity index (χ0) is 15.3. The molecule has 1 aromatic carbocycles. The molecule has 0 aromatic heterocycles. The number of benzene rings is 1. The molecule has 0 saturated carbocycles. The highest BCUT2D eigenvalue weighted by atomic mass is 16.6. The van der Waals surface area contributed by atoms with Gasteiger partial charge < -0.3 is 10.3 Å². The van der Waals surface area contributed by atoms with Crippen LogP contribution in [0.5, 0.6) is 0 Å². The SMILES string of the molecule is CCCC(C)N(C)C(=O)c1ccc(NN)c([N+](=O)[O-])c1. The lowest BCUT2D eigenvalue weighted by molar-refractivity contribution is -0.384. The summed E-state index contributed by atoms with van der Waals surface area (Å²) >= 11 is 0. The minimum atomic E-state index is -0.568. The van der Waals surface area contributed by atoms with Gasteiger partial charge in [0.1, 0.15) is 5.69 Å². The minimum Gasteiger partial charge on any atom is -0.339 e. The number of nitrogens with two attached hydrogens (primary N) is 1. The predicted molar refractivity (Wildman–Crippen MR) is 77.4 cm³/mol. The van der Waals surface area contributed by atoms with E-state index < -0.39 is 4.92 Å². The van der Waals surface area contributed by atoms with Crippen molar-refractivity contribution in [2.24, 2.45) is 5.84 Å². The van der Waals surface area contributed by atoms with Gasteiger partial charge in [0.25, 0.3) is 11.6 Å². The van der Waals surface area contributed by atoms with Crippen LogP contribution in [0.3, 0.4) is 0 Å². The van der Waals surface area contributed by atoms with Gasteiger partial charge in [0.05, 0.1) is 4.92 Å². The van der Waals surface area contributed by atoms with Crippen molar-refractivity contribution in [3.05, 3.63) is 33.9 Å². The van der Waals surface area contributed by atoms with E-state index in [1.54, 1.807) is 11.9 Å². The van der Waals surface area contributed by atoms with Crippen LogP contribution >= 0.6 is 0 Å². The maximum Gasteiger partial charge on any atom is 0.294 e. The number of nitro groups is 1. The average Bonchev–Trinajstić information content (AvgIpc) is 2.45. The number of nitrogens with one attached hydrogen (secondary N) is 1. The average molecular weight is 280 g/mol. The zero-order valence-electron chi connectivity index (χ0n) is 11.9. The number of hydrogen-bond acceptors (Lipinski definition) is 5. The summed E-state index contributed by atoms with van der Waals surface area (Å²) in [6.07, 6.45) is 1.85. The van der Waals surface area contributed by atoms with E-state index in [9.17, 15) is 14.9 Å². The van der Waals surface area contributed by atoms with E-state index in [0.717, 1.165) is 12.8 Å². The van der Waals surface area contributed by atoms with Gasteiger partial charge in [-0.2, -0.15) is 0 Å². The molecule has 0 radical (unpaired) electrons. The maximum absolute atomic E-state index is 12.3. The highest BCUT2D eigenvalue weighted by Gasteiger charge is 2.21. The third kappa shape index (κ3) is 3.45. The van der Waals surface area contributed by atoms with Crippen LogP contribution in [0.15, 0.2) is 18.2 Å². The molecule has 7 heteroatoms. The lowest BCUT2D eigenvalue weighted by Gasteiger charge is -2.24. The number of anilines is 1. The Hall–Kier alpha value is -2.15. The first-order chi connectivity index (χ1) is 9.42. The molecule has 0 aliphatic heterocycles. The summed E-state index contributed by atoms with van der Waals surface area (Å²) in [6.45, 7) is 3.99. The molecule has 7 nitrogen and oxygen atoms in total. The van der Waals surface area contributed by atoms with Crippen LogP contribution in [-0.2, 0) is 0 Å². The van der Waals surface area contributed by atoms with Crippen molar-refractivity contribution in [1.29, 1.82) is 0 Å². The van der Waals surface area contributed by atoms with Gasteiger partial charge in [-0.3, -0.25) is 20.8 Å². The molecule has 1 unspecified atom stereocenters. The first-order valence-electron chi connectivity index (χ1n) is 6.44. The fraction of sp³-hybridized carbons (Fsp3) is 0.462. The molecule has 20 heavy (non-hydrogen) atoms. The van der Waals surface area contributed by atoms with E-state index >= 15 is 0 Å². The number of nitrogens with zero attached hydrogens (tertiary/aromatic N) is 2. The fourth-order valence-electron chi connectivity index (χ4n) is 1.95. The Labute approximate surface area is 117 Å². The molecule has 3 N–H and O–H groups in total. The monoisotopic (exact) mass is 280 g/mol. The van der Waals surface area contributed by atoms with Crippen molar-refractivity contribution < 1.29 is 9.72 Å². The van der Waals surface area contributed by atoms with Crippen molar-refractivity contribution in [3.63, 3.8) is 0 Å². The summed E-state index contributed by atoms with van der Waals surface area (Å²) in [7, 11) is 1.70. The Balaban J connectivity index is 3.05. The second-order valence-electron chi connectivity index (χ2n) is 4.69. The molecule has 0 bridgehead atoms. The molecule has 1 aromatic rings. The van der Waals surface area contributed by atoms with Crippen molar-refractivity contribution in [2.45, 2.75) is 32.7 Å². The van der Waals surface area contributed by atoms with Gasteiger partial charge in [0.2, 0.25) is 0 Å². The van der Waals surface area contributed by atoms with E-state index in [-0.39, 0.29) is 28.9 Å². The second-order valence-corrected chi connectivity index (χ2v) is 4.69. The predicted octanol–water partition coefficient (Wildman–Crippen LogP) is 2.14.